The van der Waals surface area contributed by atoms with E-state index >= 15 is 0 Å². The Hall–Kier alpha value is -2.03. The highest BCUT2D eigenvalue weighted by Crippen LogP contribution is 2.44. The molecule has 0 amide bonds. The molecule has 92 valence electrons. The molecule has 2 aromatic carbocycles. The van der Waals surface area contributed by atoms with Crippen LogP contribution in [0.15, 0.2) is 42.5 Å². The number of nitrogen functional groups attached to an aromatic ring is 1. The summed E-state index contributed by atoms with van der Waals surface area (Å²) in [5, 5.41) is 0. The Bertz CT molecular complexity index is 578. The molecule has 18 heavy (non-hydrogen) atoms. The van der Waals surface area contributed by atoms with Crippen molar-refractivity contribution in [3.63, 3.8) is 0 Å². The van der Waals surface area contributed by atoms with Crippen LogP contribution in [0.4, 0.5) is 10.1 Å². The zero-order valence-corrected chi connectivity index (χ0v) is 9.90. The van der Waals surface area contributed by atoms with Gasteiger partial charge in [-0.2, -0.15) is 0 Å². The van der Waals surface area contributed by atoms with E-state index in [4.69, 9.17) is 10.5 Å². The van der Waals surface area contributed by atoms with Gasteiger partial charge in [0.25, 0.3) is 0 Å². The predicted octanol–water partition coefficient (Wildman–Crippen LogP) is 4.08. The van der Waals surface area contributed by atoms with Gasteiger partial charge in [0, 0.05) is 5.69 Å². The molecule has 1 saturated carbocycles. The van der Waals surface area contributed by atoms with Crippen molar-refractivity contribution in [3.05, 3.63) is 53.8 Å². The molecule has 3 rings (SSSR count). The van der Waals surface area contributed by atoms with Crippen molar-refractivity contribution in [2.75, 3.05) is 5.73 Å². The zero-order chi connectivity index (χ0) is 12.5. The summed E-state index contributed by atoms with van der Waals surface area (Å²) in [4.78, 5) is 0. The fourth-order valence-corrected chi connectivity index (χ4v) is 2.02. The van der Waals surface area contributed by atoms with Gasteiger partial charge in [0.15, 0.2) is 11.6 Å². The second kappa shape index (κ2) is 4.33. The SMILES string of the molecule is Nc1ccc(Oc2ccccc2F)cc1C1CC1. The number of nitrogens with two attached hydrogens (primary N) is 1. The average Bonchev–Trinajstić information content (AvgIpc) is 3.19. The van der Waals surface area contributed by atoms with Crippen LogP contribution in [0.1, 0.15) is 24.3 Å². The molecule has 2 N–H and O–H groups in total. The van der Waals surface area contributed by atoms with E-state index in [0.717, 1.165) is 11.3 Å². The van der Waals surface area contributed by atoms with Crippen molar-refractivity contribution < 1.29 is 9.13 Å². The maximum absolute atomic E-state index is 13.5. The van der Waals surface area contributed by atoms with Gasteiger partial charge in [-0.25, -0.2) is 4.39 Å². The Morgan fingerprint density at radius 3 is 2.61 bits per heavy atom. The Balaban J connectivity index is 1.89. The number of ether oxygens (including phenoxy) is 1. The Kier molecular flexibility index (Phi) is 2.67. The topological polar surface area (TPSA) is 35.2 Å². The van der Waals surface area contributed by atoms with Crippen molar-refractivity contribution in [1.82, 2.24) is 0 Å². The maximum atomic E-state index is 13.5. The molecule has 2 nitrogen and oxygen atoms in total. The molecule has 0 saturated heterocycles. The molecule has 0 atom stereocenters. The molecule has 1 aliphatic rings. The van der Waals surface area contributed by atoms with Crippen LogP contribution in [0.25, 0.3) is 0 Å². The van der Waals surface area contributed by atoms with E-state index in [1.54, 1.807) is 24.3 Å². The Morgan fingerprint density at radius 1 is 1.11 bits per heavy atom. The summed E-state index contributed by atoms with van der Waals surface area (Å²) >= 11 is 0. The lowest BCUT2D eigenvalue weighted by atomic mass is 10.1. The van der Waals surface area contributed by atoms with Gasteiger partial charge in [-0.1, -0.05) is 12.1 Å². The highest BCUT2D eigenvalue weighted by Gasteiger charge is 2.25. The molecule has 0 aromatic heterocycles. The van der Waals surface area contributed by atoms with E-state index < -0.39 is 0 Å². The molecule has 0 aliphatic heterocycles. The van der Waals surface area contributed by atoms with Gasteiger partial charge in [-0.15, -0.1) is 0 Å². The lowest BCUT2D eigenvalue weighted by Crippen LogP contribution is -1.94. The van der Waals surface area contributed by atoms with Crippen molar-refractivity contribution >= 4 is 5.69 Å². The average molecular weight is 243 g/mol. The maximum Gasteiger partial charge on any atom is 0.165 e. The molecule has 1 fully saturated rings. The summed E-state index contributed by atoms with van der Waals surface area (Å²) in [6.45, 7) is 0. The van der Waals surface area contributed by atoms with Crippen molar-refractivity contribution in [2.45, 2.75) is 18.8 Å². The van der Waals surface area contributed by atoms with Crippen LogP contribution in [-0.4, -0.2) is 0 Å². The molecule has 0 spiro atoms. The minimum Gasteiger partial charge on any atom is -0.454 e. The molecule has 0 bridgehead atoms. The quantitative estimate of drug-likeness (QED) is 0.824. The van der Waals surface area contributed by atoms with Crippen molar-refractivity contribution in [1.29, 1.82) is 0 Å². The number of benzene rings is 2. The number of hydrogen-bond donors (Lipinski definition) is 1. The lowest BCUT2D eigenvalue weighted by Gasteiger charge is -2.10. The van der Waals surface area contributed by atoms with Crippen molar-refractivity contribution in [2.24, 2.45) is 0 Å². The van der Waals surface area contributed by atoms with Gasteiger partial charge >= 0.3 is 0 Å². The van der Waals surface area contributed by atoms with Crippen LogP contribution in [0.3, 0.4) is 0 Å². The second-order valence-corrected chi connectivity index (χ2v) is 4.60. The summed E-state index contributed by atoms with van der Waals surface area (Å²) in [5.74, 6) is 1.07. The van der Waals surface area contributed by atoms with E-state index in [1.165, 1.54) is 18.9 Å². The lowest BCUT2D eigenvalue weighted by molar-refractivity contribution is 0.442. The minimum atomic E-state index is -0.359. The number of anilines is 1. The third-order valence-corrected chi connectivity index (χ3v) is 3.14. The van der Waals surface area contributed by atoms with Crippen LogP contribution in [-0.2, 0) is 0 Å². The van der Waals surface area contributed by atoms with Crippen LogP contribution < -0.4 is 10.5 Å². The summed E-state index contributed by atoms with van der Waals surface area (Å²) < 4.78 is 19.0. The van der Waals surface area contributed by atoms with Gasteiger partial charge in [-0.05, 0) is 54.7 Å². The Morgan fingerprint density at radius 2 is 1.89 bits per heavy atom. The fourth-order valence-electron chi connectivity index (χ4n) is 2.02. The highest BCUT2D eigenvalue weighted by molar-refractivity contribution is 5.54. The monoisotopic (exact) mass is 243 g/mol. The fraction of sp³-hybridized carbons (Fsp3) is 0.200. The van der Waals surface area contributed by atoms with Gasteiger partial charge < -0.3 is 10.5 Å². The van der Waals surface area contributed by atoms with E-state index in [9.17, 15) is 4.39 Å². The largest absolute Gasteiger partial charge is 0.454 e. The first-order valence-electron chi connectivity index (χ1n) is 6.06. The zero-order valence-electron chi connectivity index (χ0n) is 9.90. The first kappa shape index (κ1) is 11.1. The summed E-state index contributed by atoms with van der Waals surface area (Å²) in [6.07, 6.45) is 2.35. The highest BCUT2D eigenvalue weighted by atomic mass is 19.1. The Labute approximate surface area is 105 Å². The minimum absolute atomic E-state index is 0.240. The smallest absolute Gasteiger partial charge is 0.165 e. The van der Waals surface area contributed by atoms with Crippen LogP contribution in [0.2, 0.25) is 0 Å². The number of halogens is 1. The third kappa shape index (κ3) is 2.16. The van der Waals surface area contributed by atoms with E-state index in [2.05, 4.69) is 0 Å². The molecule has 0 unspecified atom stereocenters. The first-order valence-corrected chi connectivity index (χ1v) is 6.06. The van der Waals surface area contributed by atoms with Gasteiger partial charge in [0.1, 0.15) is 5.75 Å². The number of para-hydroxylation sites is 1. The summed E-state index contributed by atoms with van der Waals surface area (Å²) in [5.41, 5.74) is 7.83. The molecular formula is C15H14FNO. The summed E-state index contributed by atoms with van der Waals surface area (Å²) in [6, 6.07) is 11.9. The van der Waals surface area contributed by atoms with E-state index in [-0.39, 0.29) is 11.6 Å². The van der Waals surface area contributed by atoms with Crippen LogP contribution in [0.5, 0.6) is 11.5 Å². The predicted molar refractivity (Wildman–Crippen MR) is 69.3 cm³/mol. The normalized spacial score (nSPS) is 14.5. The van der Waals surface area contributed by atoms with Crippen LogP contribution in [0, 0.1) is 5.82 Å². The molecule has 2 aromatic rings. The molecule has 0 radical (unpaired) electrons. The molecule has 0 heterocycles. The van der Waals surface area contributed by atoms with Gasteiger partial charge in [0.05, 0.1) is 0 Å². The van der Waals surface area contributed by atoms with E-state index in [1.807, 2.05) is 12.1 Å². The summed E-state index contributed by atoms with van der Waals surface area (Å²) in [7, 11) is 0. The molecule has 3 heteroatoms. The van der Waals surface area contributed by atoms with Crippen molar-refractivity contribution in [3.8, 4) is 11.5 Å². The standard InChI is InChI=1S/C15H14FNO/c16-13-3-1-2-4-15(13)18-11-7-8-14(17)12(9-11)10-5-6-10/h1-4,7-10H,5-6,17H2. The van der Waals surface area contributed by atoms with Gasteiger partial charge in [0.2, 0.25) is 0 Å². The third-order valence-electron chi connectivity index (χ3n) is 3.14. The van der Waals surface area contributed by atoms with Crippen LogP contribution >= 0.6 is 0 Å². The second-order valence-electron chi connectivity index (χ2n) is 4.60. The van der Waals surface area contributed by atoms with E-state index in [0.29, 0.717) is 11.7 Å². The number of hydrogen-bond acceptors (Lipinski definition) is 2. The first-order chi connectivity index (χ1) is 8.74. The molecular weight excluding hydrogens is 229 g/mol. The molecule has 1 aliphatic carbocycles. The number of rotatable bonds is 3. The van der Waals surface area contributed by atoms with Gasteiger partial charge in [-0.3, -0.25) is 0 Å².